The molecule has 3 heterocycles. The van der Waals surface area contributed by atoms with E-state index in [2.05, 4.69) is 32.4 Å². The standard InChI is InChI=1S/C10H14N6O/c1-7-6-11-4-5-15(7)9-3-2-8-12-13-10(17)16(8)14-9/h2-3,7,11H,4-6H2,1H3,(H,13,17). The summed E-state index contributed by atoms with van der Waals surface area (Å²) in [4.78, 5) is 13.6. The van der Waals surface area contributed by atoms with Crippen LogP contribution in [0.2, 0.25) is 0 Å². The van der Waals surface area contributed by atoms with Crippen molar-refractivity contribution in [3.05, 3.63) is 22.6 Å². The summed E-state index contributed by atoms with van der Waals surface area (Å²) in [6.45, 7) is 4.90. The van der Waals surface area contributed by atoms with E-state index in [0.29, 0.717) is 11.7 Å². The second-order valence-corrected chi connectivity index (χ2v) is 4.24. The summed E-state index contributed by atoms with van der Waals surface area (Å²) in [5, 5.41) is 13.9. The highest BCUT2D eigenvalue weighted by atomic mass is 16.2. The number of piperazine rings is 1. The average molecular weight is 234 g/mol. The predicted octanol–water partition coefficient (Wildman–Crippen LogP) is -0.784. The van der Waals surface area contributed by atoms with E-state index in [1.54, 1.807) is 6.07 Å². The van der Waals surface area contributed by atoms with Crippen LogP contribution in [0, 0.1) is 0 Å². The Kier molecular flexibility index (Phi) is 2.32. The molecule has 1 aliphatic rings. The van der Waals surface area contributed by atoms with E-state index in [1.807, 2.05) is 6.07 Å². The molecule has 1 atom stereocenters. The summed E-state index contributed by atoms with van der Waals surface area (Å²) in [6.07, 6.45) is 0. The average Bonchev–Trinajstić information content (AvgIpc) is 2.71. The molecule has 7 heteroatoms. The van der Waals surface area contributed by atoms with E-state index < -0.39 is 0 Å². The number of H-pyrrole nitrogens is 1. The van der Waals surface area contributed by atoms with Crippen molar-refractivity contribution in [2.75, 3.05) is 24.5 Å². The second kappa shape index (κ2) is 3.85. The second-order valence-electron chi connectivity index (χ2n) is 4.24. The van der Waals surface area contributed by atoms with Crippen molar-refractivity contribution in [3.8, 4) is 0 Å². The van der Waals surface area contributed by atoms with Gasteiger partial charge in [-0.15, -0.1) is 5.10 Å². The minimum absolute atomic E-state index is 0.301. The lowest BCUT2D eigenvalue weighted by molar-refractivity contribution is 0.494. The van der Waals surface area contributed by atoms with Crippen LogP contribution in [0.1, 0.15) is 6.92 Å². The number of hydrogen-bond acceptors (Lipinski definition) is 5. The van der Waals surface area contributed by atoms with Crippen LogP contribution in [-0.2, 0) is 0 Å². The van der Waals surface area contributed by atoms with E-state index in [1.165, 1.54) is 4.52 Å². The van der Waals surface area contributed by atoms with E-state index in [9.17, 15) is 4.79 Å². The number of anilines is 1. The van der Waals surface area contributed by atoms with Crippen molar-refractivity contribution in [2.45, 2.75) is 13.0 Å². The molecule has 90 valence electrons. The molecule has 2 aromatic heterocycles. The predicted molar refractivity (Wildman–Crippen MR) is 63.3 cm³/mol. The Hall–Kier alpha value is -1.89. The molecule has 3 rings (SSSR count). The van der Waals surface area contributed by atoms with Crippen molar-refractivity contribution in [3.63, 3.8) is 0 Å². The molecular formula is C10H14N6O. The molecule has 0 amide bonds. The number of hydrogen-bond donors (Lipinski definition) is 2. The third kappa shape index (κ3) is 1.68. The van der Waals surface area contributed by atoms with Crippen LogP contribution in [0.4, 0.5) is 5.82 Å². The molecule has 0 saturated carbocycles. The van der Waals surface area contributed by atoms with Gasteiger partial charge in [0.1, 0.15) is 5.82 Å². The Bertz CT molecular complexity index is 588. The number of fused-ring (bicyclic) bond motifs is 1. The van der Waals surface area contributed by atoms with Gasteiger partial charge in [0.15, 0.2) is 5.65 Å². The quantitative estimate of drug-likeness (QED) is 0.676. The SMILES string of the molecule is CC1CNCCN1c1ccc2n[nH]c(=O)n2n1. The molecule has 1 unspecified atom stereocenters. The number of aromatic amines is 1. The van der Waals surface area contributed by atoms with Gasteiger partial charge >= 0.3 is 5.69 Å². The fourth-order valence-electron chi connectivity index (χ4n) is 2.13. The lowest BCUT2D eigenvalue weighted by atomic mass is 10.2. The molecule has 2 aromatic rings. The molecule has 0 aromatic carbocycles. The van der Waals surface area contributed by atoms with E-state index in [4.69, 9.17) is 0 Å². The molecule has 0 radical (unpaired) electrons. The lowest BCUT2D eigenvalue weighted by Crippen LogP contribution is -2.50. The minimum Gasteiger partial charge on any atom is -0.350 e. The topological polar surface area (TPSA) is 78.3 Å². The van der Waals surface area contributed by atoms with Gasteiger partial charge in [0, 0.05) is 25.7 Å². The van der Waals surface area contributed by atoms with Gasteiger partial charge in [0.2, 0.25) is 0 Å². The molecule has 0 bridgehead atoms. The molecule has 17 heavy (non-hydrogen) atoms. The van der Waals surface area contributed by atoms with Gasteiger partial charge in [0.05, 0.1) is 0 Å². The summed E-state index contributed by atoms with van der Waals surface area (Å²) in [5.41, 5.74) is 0.242. The Morgan fingerprint density at radius 3 is 3.18 bits per heavy atom. The Morgan fingerprint density at radius 2 is 2.35 bits per heavy atom. The number of rotatable bonds is 1. The molecular weight excluding hydrogens is 220 g/mol. The highest BCUT2D eigenvalue weighted by Crippen LogP contribution is 2.14. The van der Waals surface area contributed by atoms with E-state index in [0.717, 1.165) is 25.5 Å². The molecule has 0 spiro atoms. The van der Waals surface area contributed by atoms with Gasteiger partial charge < -0.3 is 10.2 Å². The first-order valence-corrected chi connectivity index (χ1v) is 5.67. The Labute approximate surface area is 97.4 Å². The third-order valence-electron chi connectivity index (χ3n) is 3.05. The van der Waals surface area contributed by atoms with Crippen molar-refractivity contribution in [1.82, 2.24) is 25.1 Å². The summed E-state index contributed by atoms with van der Waals surface area (Å²) in [7, 11) is 0. The summed E-state index contributed by atoms with van der Waals surface area (Å²) in [6, 6.07) is 4.07. The zero-order valence-electron chi connectivity index (χ0n) is 9.55. The molecule has 1 fully saturated rings. The summed E-state index contributed by atoms with van der Waals surface area (Å²) < 4.78 is 1.30. The fourth-order valence-corrected chi connectivity index (χ4v) is 2.13. The molecule has 1 saturated heterocycles. The van der Waals surface area contributed by atoms with Crippen LogP contribution >= 0.6 is 0 Å². The molecule has 0 aliphatic carbocycles. The summed E-state index contributed by atoms with van der Waals surface area (Å²) in [5.74, 6) is 0.815. The first-order chi connectivity index (χ1) is 8.25. The highest BCUT2D eigenvalue weighted by molar-refractivity contribution is 5.46. The molecule has 2 N–H and O–H groups in total. The van der Waals surface area contributed by atoms with Gasteiger partial charge in [-0.2, -0.15) is 9.61 Å². The van der Waals surface area contributed by atoms with Gasteiger partial charge in [-0.1, -0.05) is 0 Å². The fraction of sp³-hybridized carbons (Fsp3) is 0.500. The number of aromatic nitrogens is 4. The normalized spacial score (nSPS) is 21.0. The van der Waals surface area contributed by atoms with Crippen LogP contribution in [-0.4, -0.2) is 45.5 Å². The third-order valence-corrected chi connectivity index (χ3v) is 3.05. The highest BCUT2D eigenvalue weighted by Gasteiger charge is 2.19. The van der Waals surface area contributed by atoms with Gasteiger partial charge in [-0.3, -0.25) is 0 Å². The van der Waals surface area contributed by atoms with Crippen molar-refractivity contribution in [1.29, 1.82) is 0 Å². The van der Waals surface area contributed by atoms with E-state index >= 15 is 0 Å². The van der Waals surface area contributed by atoms with Crippen LogP contribution in [0.15, 0.2) is 16.9 Å². The maximum absolute atomic E-state index is 11.4. The Morgan fingerprint density at radius 1 is 1.47 bits per heavy atom. The maximum atomic E-state index is 11.4. The maximum Gasteiger partial charge on any atom is 0.364 e. The first kappa shape index (κ1) is 10.3. The zero-order chi connectivity index (χ0) is 11.8. The minimum atomic E-state index is -0.301. The molecule has 1 aliphatic heterocycles. The monoisotopic (exact) mass is 234 g/mol. The number of nitrogens with one attached hydrogen (secondary N) is 2. The zero-order valence-corrected chi connectivity index (χ0v) is 9.55. The van der Waals surface area contributed by atoms with Crippen LogP contribution < -0.4 is 15.9 Å². The van der Waals surface area contributed by atoms with Gasteiger partial charge in [-0.05, 0) is 19.1 Å². The van der Waals surface area contributed by atoms with Gasteiger partial charge in [-0.25, -0.2) is 9.89 Å². The van der Waals surface area contributed by atoms with E-state index in [-0.39, 0.29) is 5.69 Å². The summed E-state index contributed by atoms with van der Waals surface area (Å²) >= 11 is 0. The van der Waals surface area contributed by atoms with Crippen LogP contribution in [0.3, 0.4) is 0 Å². The first-order valence-electron chi connectivity index (χ1n) is 5.67. The van der Waals surface area contributed by atoms with Crippen LogP contribution in [0.5, 0.6) is 0 Å². The van der Waals surface area contributed by atoms with Crippen molar-refractivity contribution >= 4 is 11.5 Å². The Balaban J connectivity index is 2.04. The van der Waals surface area contributed by atoms with Gasteiger partial charge in [0.25, 0.3) is 0 Å². The largest absolute Gasteiger partial charge is 0.364 e. The number of nitrogens with zero attached hydrogens (tertiary/aromatic N) is 4. The smallest absolute Gasteiger partial charge is 0.350 e. The van der Waals surface area contributed by atoms with Crippen LogP contribution in [0.25, 0.3) is 5.65 Å². The molecule has 7 nitrogen and oxygen atoms in total. The lowest BCUT2D eigenvalue weighted by Gasteiger charge is -2.34. The van der Waals surface area contributed by atoms with Crippen molar-refractivity contribution in [2.24, 2.45) is 0 Å². The van der Waals surface area contributed by atoms with Crippen molar-refractivity contribution < 1.29 is 0 Å².